The van der Waals surface area contributed by atoms with Crippen LogP contribution in [0.25, 0.3) is 23.3 Å². The smallest absolute Gasteiger partial charge is 0.0536 e. The van der Waals surface area contributed by atoms with Gasteiger partial charge < -0.3 is 9.80 Å². The van der Waals surface area contributed by atoms with E-state index in [1.54, 1.807) is 0 Å². The lowest BCUT2D eigenvalue weighted by molar-refractivity contribution is 1.12. The molecule has 0 aliphatic heterocycles. The summed E-state index contributed by atoms with van der Waals surface area (Å²) in [5, 5.41) is 0. The van der Waals surface area contributed by atoms with Crippen molar-refractivity contribution in [3.05, 3.63) is 180 Å². The van der Waals surface area contributed by atoms with Crippen LogP contribution in [0.15, 0.2) is 158 Å². The van der Waals surface area contributed by atoms with Crippen LogP contribution >= 0.6 is 0 Å². The Morgan fingerprint density at radius 2 is 0.872 bits per heavy atom. The van der Waals surface area contributed by atoms with Crippen LogP contribution in [-0.2, 0) is 6.42 Å². The molecule has 2 nitrogen and oxygen atoms in total. The predicted molar refractivity (Wildman–Crippen MR) is 205 cm³/mol. The molecule has 0 aromatic heterocycles. The van der Waals surface area contributed by atoms with Gasteiger partial charge >= 0.3 is 0 Å². The average molecular weight is 611 g/mol. The molecule has 0 radical (unpaired) electrons. The molecule has 0 bridgehead atoms. The number of allylic oxidation sites excluding steroid dienone is 2. The van der Waals surface area contributed by atoms with Crippen LogP contribution in [0.2, 0.25) is 0 Å². The van der Waals surface area contributed by atoms with E-state index < -0.39 is 0 Å². The molecule has 0 atom stereocenters. The van der Waals surface area contributed by atoms with Gasteiger partial charge in [-0.1, -0.05) is 116 Å². The van der Waals surface area contributed by atoms with Gasteiger partial charge in [-0.15, -0.1) is 0 Å². The Kier molecular flexibility index (Phi) is 9.79. The fraction of sp³-hybridized carbons (Fsp3) is 0.111. The summed E-state index contributed by atoms with van der Waals surface area (Å²) < 4.78 is 0. The Balaban J connectivity index is 1.37. The van der Waals surface area contributed by atoms with Crippen molar-refractivity contribution in [2.24, 2.45) is 0 Å². The van der Waals surface area contributed by atoms with Crippen LogP contribution in [0.1, 0.15) is 43.0 Å². The highest BCUT2D eigenvalue weighted by Crippen LogP contribution is 2.41. The first-order valence-electron chi connectivity index (χ1n) is 16.5. The third-order valence-electron chi connectivity index (χ3n) is 8.62. The second-order valence-corrected chi connectivity index (χ2v) is 11.6. The molecule has 0 saturated heterocycles. The van der Waals surface area contributed by atoms with Crippen LogP contribution in [0.5, 0.6) is 0 Å². The third kappa shape index (κ3) is 6.68. The summed E-state index contributed by atoms with van der Waals surface area (Å²) in [5.74, 6) is 0. The molecule has 0 N–H and O–H groups in total. The van der Waals surface area contributed by atoms with Gasteiger partial charge in [-0.25, -0.2) is 0 Å². The predicted octanol–water partition coefficient (Wildman–Crippen LogP) is 13.2. The highest BCUT2D eigenvalue weighted by atomic mass is 15.1. The largest absolute Gasteiger partial charge is 0.310 e. The topological polar surface area (TPSA) is 6.48 Å². The average Bonchev–Trinajstić information content (AvgIpc) is 3.12. The lowest BCUT2D eigenvalue weighted by Gasteiger charge is -2.28. The first-order valence-corrected chi connectivity index (χ1v) is 16.5. The molecule has 0 heterocycles. The van der Waals surface area contributed by atoms with Crippen molar-refractivity contribution >= 4 is 46.3 Å². The van der Waals surface area contributed by atoms with Gasteiger partial charge in [0.2, 0.25) is 0 Å². The van der Waals surface area contributed by atoms with E-state index in [0.29, 0.717) is 0 Å². The summed E-state index contributed by atoms with van der Waals surface area (Å²) in [6, 6.07) is 52.3. The molecule has 47 heavy (non-hydrogen) atoms. The zero-order valence-electron chi connectivity index (χ0n) is 27.8. The molecule has 0 amide bonds. The van der Waals surface area contributed by atoms with E-state index in [-0.39, 0.29) is 0 Å². The summed E-state index contributed by atoms with van der Waals surface area (Å²) >= 11 is 0. The number of hydrogen-bond donors (Lipinski definition) is 0. The monoisotopic (exact) mass is 610 g/mol. The summed E-state index contributed by atoms with van der Waals surface area (Å²) in [4.78, 5) is 4.71. The van der Waals surface area contributed by atoms with Crippen LogP contribution in [0.3, 0.4) is 0 Å². The second-order valence-electron chi connectivity index (χ2n) is 11.6. The van der Waals surface area contributed by atoms with Crippen LogP contribution in [-0.4, -0.2) is 0 Å². The molecule has 0 saturated carbocycles. The number of hydrogen-bond acceptors (Lipinski definition) is 2. The molecule has 0 unspecified atom stereocenters. The van der Waals surface area contributed by atoms with Gasteiger partial charge in [-0.2, -0.15) is 0 Å². The molecule has 232 valence electrons. The summed E-state index contributed by atoms with van der Waals surface area (Å²) in [5.41, 5.74) is 14.3. The van der Waals surface area contributed by atoms with E-state index in [1.165, 1.54) is 39.1 Å². The Morgan fingerprint density at radius 3 is 1.34 bits per heavy atom. The Bertz CT molecular complexity index is 1970. The minimum atomic E-state index is 0.979. The van der Waals surface area contributed by atoms with Gasteiger partial charge in [0.05, 0.1) is 11.4 Å². The number of anilines is 6. The number of benzene rings is 6. The maximum atomic E-state index is 2.36. The highest BCUT2D eigenvalue weighted by molar-refractivity contribution is 5.86. The van der Waals surface area contributed by atoms with Crippen molar-refractivity contribution < 1.29 is 0 Å². The van der Waals surface area contributed by atoms with E-state index in [1.807, 2.05) is 0 Å². The maximum Gasteiger partial charge on any atom is 0.0536 e. The minimum absolute atomic E-state index is 0.979. The van der Waals surface area contributed by atoms with E-state index in [4.69, 9.17) is 0 Å². The van der Waals surface area contributed by atoms with Gasteiger partial charge in [-0.3, -0.25) is 0 Å². The molecule has 6 aromatic rings. The summed E-state index contributed by atoms with van der Waals surface area (Å²) in [6.45, 7) is 8.56. The molecule has 0 aliphatic carbocycles. The maximum absolute atomic E-state index is 2.36. The van der Waals surface area contributed by atoms with Crippen molar-refractivity contribution in [2.45, 2.75) is 34.1 Å². The molecule has 2 heteroatoms. The number of para-hydroxylation sites is 2. The van der Waals surface area contributed by atoms with Gasteiger partial charge in [0.25, 0.3) is 0 Å². The van der Waals surface area contributed by atoms with E-state index in [9.17, 15) is 0 Å². The SMILES string of the molecule is C/C=C\c1c(C)cccc1N(c1ccccc1)c1ccc(-c2ccc(N(c3ccccc3)c3cccc(CC)c3/C=C\C)cc2)cc1. The first-order chi connectivity index (χ1) is 23.1. The van der Waals surface area contributed by atoms with Gasteiger partial charge in [0.1, 0.15) is 0 Å². The van der Waals surface area contributed by atoms with Crippen LogP contribution in [0.4, 0.5) is 34.1 Å². The van der Waals surface area contributed by atoms with Crippen LogP contribution in [0, 0.1) is 6.92 Å². The third-order valence-corrected chi connectivity index (χ3v) is 8.62. The van der Waals surface area contributed by atoms with E-state index >= 15 is 0 Å². The van der Waals surface area contributed by atoms with Gasteiger partial charge in [0.15, 0.2) is 0 Å². The van der Waals surface area contributed by atoms with Gasteiger partial charge in [0, 0.05) is 33.9 Å². The Hall–Kier alpha value is -5.60. The summed E-state index contributed by atoms with van der Waals surface area (Å²) in [6.07, 6.45) is 9.66. The fourth-order valence-electron chi connectivity index (χ4n) is 6.32. The number of aryl methyl sites for hydroxylation is 2. The zero-order chi connectivity index (χ0) is 32.6. The second kappa shape index (κ2) is 14.7. The molecule has 0 aliphatic rings. The quantitative estimate of drug-likeness (QED) is 0.152. The number of rotatable bonds is 10. The van der Waals surface area contributed by atoms with E-state index in [2.05, 4.69) is 207 Å². The fourth-order valence-corrected chi connectivity index (χ4v) is 6.32. The molecular weight excluding hydrogens is 569 g/mol. The van der Waals surface area contributed by atoms with E-state index in [0.717, 1.165) is 34.9 Å². The van der Waals surface area contributed by atoms with Crippen molar-refractivity contribution in [1.82, 2.24) is 0 Å². The molecule has 6 rings (SSSR count). The van der Waals surface area contributed by atoms with Gasteiger partial charge in [-0.05, 0) is 110 Å². The highest BCUT2D eigenvalue weighted by Gasteiger charge is 2.18. The molecule has 0 spiro atoms. The lowest BCUT2D eigenvalue weighted by atomic mass is 10.00. The normalized spacial score (nSPS) is 11.3. The minimum Gasteiger partial charge on any atom is -0.310 e. The summed E-state index contributed by atoms with van der Waals surface area (Å²) in [7, 11) is 0. The Labute approximate surface area is 280 Å². The van der Waals surface area contributed by atoms with Crippen LogP contribution < -0.4 is 9.80 Å². The Morgan fingerprint density at radius 1 is 0.447 bits per heavy atom. The molecule has 0 fully saturated rings. The van der Waals surface area contributed by atoms with Crippen molar-refractivity contribution in [3.8, 4) is 11.1 Å². The van der Waals surface area contributed by atoms with Crippen molar-refractivity contribution in [1.29, 1.82) is 0 Å². The molecule has 6 aromatic carbocycles. The molecular formula is C45H42N2. The first kappa shape index (κ1) is 31.4. The zero-order valence-corrected chi connectivity index (χ0v) is 27.8. The van der Waals surface area contributed by atoms with Crippen molar-refractivity contribution in [2.75, 3.05) is 9.80 Å². The number of nitrogens with zero attached hydrogens (tertiary/aromatic N) is 2. The van der Waals surface area contributed by atoms with Crippen molar-refractivity contribution in [3.63, 3.8) is 0 Å². The standard InChI is InChI=1S/C45H42N2/c1-5-16-42-34(4)18-14-24-44(42)46(38-20-10-8-11-21-38)40-30-26-36(27-31-40)37-28-32-41(33-29-37)47(39-22-12-9-13-23-39)45-25-15-19-35(7-3)43(45)17-6-2/h5-6,8-33H,7H2,1-4H3/b16-5-,17-6-. The lowest BCUT2D eigenvalue weighted by Crippen LogP contribution is -2.12.